The van der Waals surface area contributed by atoms with Crippen LogP contribution in [0.1, 0.15) is 13.8 Å². The Balaban J connectivity index is 4.76. The zero-order valence-corrected chi connectivity index (χ0v) is 6.73. The molecule has 0 atom stereocenters. The molecule has 0 heterocycles. The van der Waals surface area contributed by atoms with Gasteiger partial charge in [0.1, 0.15) is 5.83 Å². The Bertz CT molecular complexity index is 224. The Labute approximate surface area is 65.9 Å². The molecule has 11 heavy (non-hydrogen) atoms. The van der Waals surface area contributed by atoms with Gasteiger partial charge in [-0.3, -0.25) is 4.79 Å². The number of halogens is 1. The van der Waals surface area contributed by atoms with Crippen LogP contribution in [0.15, 0.2) is 36.2 Å². The van der Waals surface area contributed by atoms with E-state index < -0.39 is 5.83 Å². The van der Waals surface area contributed by atoms with E-state index in [1.165, 1.54) is 32.1 Å². The monoisotopic (exact) mass is 154 g/mol. The molecule has 0 spiro atoms. The molecule has 0 saturated heterocycles. The first-order chi connectivity index (χ1) is 5.13. The molecule has 0 unspecified atom stereocenters. The molecule has 0 rings (SSSR count). The van der Waals surface area contributed by atoms with Crippen LogP contribution in [-0.2, 0) is 4.79 Å². The van der Waals surface area contributed by atoms with Crippen LogP contribution < -0.4 is 0 Å². The third-order valence-corrected chi connectivity index (χ3v) is 1.17. The van der Waals surface area contributed by atoms with Crippen molar-refractivity contribution in [3.05, 3.63) is 36.2 Å². The van der Waals surface area contributed by atoms with Crippen LogP contribution in [-0.4, -0.2) is 5.78 Å². The summed E-state index contributed by atoms with van der Waals surface area (Å²) in [6, 6.07) is 0. The molecule has 0 aliphatic carbocycles. The van der Waals surface area contributed by atoms with Gasteiger partial charge < -0.3 is 0 Å². The summed E-state index contributed by atoms with van der Waals surface area (Å²) in [5.74, 6) is -0.794. The third-order valence-electron chi connectivity index (χ3n) is 1.17. The summed E-state index contributed by atoms with van der Waals surface area (Å²) in [4.78, 5) is 10.7. The molecule has 0 fully saturated rings. The van der Waals surface area contributed by atoms with Crippen LogP contribution in [0.25, 0.3) is 0 Å². The Morgan fingerprint density at radius 3 is 2.36 bits per heavy atom. The summed E-state index contributed by atoms with van der Waals surface area (Å²) < 4.78 is 12.8. The van der Waals surface area contributed by atoms with Gasteiger partial charge in [0.25, 0.3) is 0 Å². The van der Waals surface area contributed by atoms with Gasteiger partial charge in [0.05, 0.1) is 5.57 Å². The van der Waals surface area contributed by atoms with E-state index in [4.69, 9.17) is 0 Å². The second kappa shape index (κ2) is 4.61. The second-order valence-corrected chi connectivity index (χ2v) is 2.01. The lowest BCUT2D eigenvalue weighted by molar-refractivity contribution is -0.113. The van der Waals surface area contributed by atoms with E-state index in [-0.39, 0.29) is 11.4 Å². The van der Waals surface area contributed by atoms with E-state index in [2.05, 4.69) is 6.58 Å². The summed E-state index contributed by atoms with van der Waals surface area (Å²) in [7, 11) is 0. The van der Waals surface area contributed by atoms with Gasteiger partial charge in [-0.2, -0.15) is 0 Å². The molecule has 0 aliphatic heterocycles. The predicted molar refractivity (Wildman–Crippen MR) is 43.8 cm³/mol. The largest absolute Gasteiger partial charge is 0.294 e. The molecule has 0 amide bonds. The summed E-state index contributed by atoms with van der Waals surface area (Å²) in [6.45, 7) is 6.23. The highest BCUT2D eigenvalue weighted by atomic mass is 19.1. The molecule has 0 aliphatic rings. The first-order valence-electron chi connectivity index (χ1n) is 3.29. The highest BCUT2D eigenvalue weighted by Gasteiger charge is 2.06. The van der Waals surface area contributed by atoms with Crippen LogP contribution in [0.3, 0.4) is 0 Å². The van der Waals surface area contributed by atoms with Gasteiger partial charge in [-0.25, -0.2) is 4.39 Å². The third kappa shape index (κ3) is 2.94. The van der Waals surface area contributed by atoms with Crippen molar-refractivity contribution in [2.75, 3.05) is 0 Å². The minimum absolute atomic E-state index is 0.0718. The zero-order valence-electron chi connectivity index (χ0n) is 6.73. The molecule has 0 saturated carbocycles. The summed E-state index contributed by atoms with van der Waals surface area (Å²) in [6.07, 6.45) is 3.99. The van der Waals surface area contributed by atoms with E-state index in [1.54, 1.807) is 0 Å². The molecule has 0 radical (unpaired) electrons. The maximum absolute atomic E-state index is 12.8. The van der Waals surface area contributed by atoms with Crippen molar-refractivity contribution in [3.63, 3.8) is 0 Å². The molecule has 0 aromatic heterocycles. The zero-order chi connectivity index (χ0) is 8.85. The van der Waals surface area contributed by atoms with Crippen LogP contribution in [0.4, 0.5) is 4.39 Å². The van der Waals surface area contributed by atoms with Crippen molar-refractivity contribution in [1.82, 2.24) is 0 Å². The van der Waals surface area contributed by atoms with Gasteiger partial charge in [-0.1, -0.05) is 18.7 Å². The quantitative estimate of drug-likeness (QED) is 0.451. The van der Waals surface area contributed by atoms with Gasteiger partial charge in [-0.05, 0) is 19.9 Å². The lowest BCUT2D eigenvalue weighted by Crippen LogP contribution is -1.96. The van der Waals surface area contributed by atoms with Crippen LogP contribution in [0.2, 0.25) is 0 Å². The van der Waals surface area contributed by atoms with Gasteiger partial charge in [-0.15, -0.1) is 0 Å². The second-order valence-electron chi connectivity index (χ2n) is 2.01. The highest BCUT2D eigenvalue weighted by Crippen LogP contribution is 2.11. The lowest BCUT2D eigenvalue weighted by atomic mass is 10.1. The molecule has 1 nitrogen and oxygen atoms in total. The van der Waals surface area contributed by atoms with E-state index in [0.717, 1.165) is 0 Å². The fraction of sp³-hybridized carbons (Fsp3) is 0.222. The number of ketones is 1. The topological polar surface area (TPSA) is 17.1 Å². The first kappa shape index (κ1) is 9.82. The van der Waals surface area contributed by atoms with Crippen molar-refractivity contribution in [2.24, 2.45) is 0 Å². The molecule has 2 heteroatoms. The van der Waals surface area contributed by atoms with E-state index in [0.29, 0.717) is 0 Å². The summed E-state index contributed by atoms with van der Waals surface area (Å²) in [5.41, 5.74) is 0.0718. The molecule has 0 N–H and O–H groups in total. The highest BCUT2D eigenvalue weighted by molar-refractivity contribution is 5.97. The number of hydrogen-bond acceptors (Lipinski definition) is 1. The van der Waals surface area contributed by atoms with Gasteiger partial charge in [0, 0.05) is 0 Å². The fourth-order valence-corrected chi connectivity index (χ4v) is 0.638. The van der Waals surface area contributed by atoms with E-state index in [1.807, 2.05) is 0 Å². The molecule has 60 valence electrons. The summed E-state index contributed by atoms with van der Waals surface area (Å²) in [5, 5.41) is 0. The minimum atomic E-state index is -0.502. The molecular weight excluding hydrogens is 143 g/mol. The number of hydrogen-bond donors (Lipinski definition) is 0. The van der Waals surface area contributed by atoms with Gasteiger partial charge in [0.2, 0.25) is 0 Å². The van der Waals surface area contributed by atoms with Crippen molar-refractivity contribution in [1.29, 1.82) is 0 Å². The maximum Gasteiger partial charge on any atom is 0.162 e. The van der Waals surface area contributed by atoms with Crippen LogP contribution >= 0.6 is 0 Å². The van der Waals surface area contributed by atoms with Crippen LogP contribution in [0, 0.1) is 0 Å². The molecule has 0 bridgehead atoms. The predicted octanol–water partition coefficient (Wildman–Crippen LogP) is 2.56. The molecular formula is C9H11FO. The Hall–Kier alpha value is -1.18. The fourth-order valence-electron chi connectivity index (χ4n) is 0.638. The Kier molecular flexibility index (Phi) is 4.11. The van der Waals surface area contributed by atoms with Crippen molar-refractivity contribution < 1.29 is 9.18 Å². The molecule has 0 aromatic carbocycles. The van der Waals surface area contributed by atoms with Crippen molar-refractivity contribution in [3.8, 4) is 0 Å². The minimum Gasteiger partial charge on any atom is -0.294 e. The van der Waals surface area contributed by atoms with Crippen LogP contribution in [0.5, 0.6) is 0 Å². The first-order valence-corrected chi connectivity index (χ1v) is 3.29. The maximum atomic E-state index is 12.8. The SMILES string of the molecule is C=C/C=C(C(C)=O)\C(F)=C/C. The van der Waals surface area contributed by atoms with E-state index >= 15 is 0 Å². The van der Waals surface area contributed by atoms with E-state index in [9.17, 15) is 9.18 Å². The Morgan fingerprint density at radius 2 is 2.09 bits per heavy atom. The number of allylic oxidation sites excluding steroid dienone is 5. The smallest absolute Gasteiger partial charge is 0.162 e. The van der Waals surface area contributed by atoms with Gasteiger partial charge in [0.15, 0.2) is 5.78 Å². The number of carbonyl (C=O) groups is 1. The average Bonchev–Trinajstić information content (AvgIpc) is 1.98. The lowest BCUT2D eigenvalue weighted by Gasteiger charge is -1.96. The number of rotatable bonds is 3. The average molecular weight is 154 g/mol. The van der Waals surface area contributed by atoms with Crippen molar-refractivity contribution >= 4 is 5.78 Å². The van der Waals surface area contributed by atoms with Crippen molar-refractivity contribution in [2.45, 2.75) is 13.8 Å². The molecule has 0 aromatic rings. The summed E-state index contributed by atoms with van der Waals surface area (Å²) >= 11 is 0. The number of Topliss-reactive ketones (excluding diaryl/α,β-unsaturated/α-hetero) is 1. The Morgan fingerprint density at radius 1 is 1.55 bits per heavy atom. The number of carbonyl (C=O) groups excluding carboxylic acids is 1. The normalized spacial score (nSPS) is 13.0. The standard InChI is InChI=1S/C9H11FO/c1-4-6-8(7(3)11)9(10)5-2/h4-6H,1H2,2-3H3/b8-6-,9-5+. The van der Waals surface area contributed by atoms with Gasteiger partial charge >= 0.3 is 0 Å².